The van der Waals surface area contributed by atoms with Crippen LogP contribution in [0, 0.1) is 5.92 Å². The minimum absolute atomic E-state index is 0.321. The van der Waals surface area contributed by atoms with Crippen LogP contribution in [-0.2, 0) is 10.0 Å². The standard InChI is InChI=1S/C16H25NO3S/c1-3-14-5-4-11-17(12-10-14)21(19,20)16-8-6-15(7-9-16)13(2)18/h6-9,13-14,18H,3-5,10-12H2,1-2H3. The second kappa shape index (κ2) is 6.90. The summed E-state index contributed by atoms with van der Waals surface area (Å²) >= 11 is 0. The lowest BCUT2D eigenvalue weighted by Gasteiger charge is -2.20. The van der Waals surface area contributed by atoms with E-state index in [4.69, 9.17) is 0 Å². The van der Waals surface area contributed by atoms with E-state index in [1.54, 1.807) is 35.5 Å². The minimum Gasteiger partial charge on any atom is -0.389 e. The molecule has 2 rings (SSSR count). The van der Waals surface area contributed by atoms with E-state index in [2.05, 4.69) is 6.92 Å². The van der Waals surface area contributed by atoms with Crippen molar-refractivity contribution in [3.63, 3.8) is 0 Å². The molecule has 0 amide bonds. The lowest BCUT2D eigenvalue weighted by Crippen LogP contribution is -2.32. The second-order valence-corrected chi connectivity index (χ2v) is 7.79. The highest BCUT2D eigenvalue weighted by molar-refractivity contribution is 7.89. The van der Waals surface area contributed by atoms with Crippen LogP contribution >= 0.6 is 0 Å². The molecule has 0 saturated carbocycles. The maximum absolute atomic E-state index is 12.7. The predicted octanol–water partition coefficient (Wildman–Crippen LogP) is 2.94. The smallest absolute Gasteiger partial charge is 0.243 e. The molecule has 1 saturated heterocycles. The molecule has 1 aromatic rings. The Labute approximate surface area is 127 Å². The van der Waals surface area contributed by atoms with Crippen molar-refractivity contribution in [3.05, 3.63) is 29.8 Å². The summed E-state index contributed by atoms with van der Waals surface area (Å²) in [5, 5.41) is 9.50. The van der Waals surface area contributed by atoms with Gasteiger partial charge in [-0.05, 0) is 49.8 Å². The van der Waals surface area contributed by atoms with Gasteiger partial charge in [0.2, 0.25) is 10.0 Å². The lowest BCUT2D eigenvalue weighted by molar-refractivity contribution is 0.199. The van der Waals surface area contributed by atoms with Gasteiger partial charge in [0, 0.05) is 13.1 Å². The normalized spacial score (nSPS) is 22.7. The summed E-state index contributed by atoms with van der Waals surface area (Å²) in [6.07, 6.45) is 3.54. The van der Waals surface area contributed by atoms with Crippen LogP contribution in [0.15, 0.2) is 29.2 Å². The van der Waals surface area contributed by atoms with Crippen LogP contribution in [0.1, 0.15) is 51.2 Å². The van der Waals surface area contributed by atoms with Crippen LogP contribution in [0.5, 0.6) is 0 Å². The van der Waals surface area contributed by atoms with Gasteiger partial charge in [0.1, 0.15) is 0 Å². The average molecular weight is 311 g/mol. The summed E-state index contributed by atoms with van der Waals surface area (Å²) in [5.41, 5.74) is 0.732. The van der Waals surface area contributed by atoms with E-state index in [-0.39, 0.29) is 0 Å². The van der Waals surface area contributed by atoms with Gasteiger partial charge in [0.05, 0.1) is 11.0 Å². The molecule has 0 aliphatic carbocycles. The fourth-order valence-electron chi connectivity index (χ4n) is 2.86. The van der Waals surface area contributed by atoms with Crippen LogP contribution < -0.4 is 0 Å². The zero-order chi connectivity index (χ0) is 15.5. The lowest BCUT2D eigenvalue weighted by atomic mass is 9.98. The molecule has 1 N–H and O–H groups in total. The zero-order valence-electron chi connectivity index (χ0n) is 12.8. The summed E-state index contributed by atoms with van der Waals surface area (Å²) in [6, 6.07) is 6.56. The van der Waals surface area contributed by atoms with Crippen molar-refractivity contribution in [2.75, 3.05) is 13.1 Å². The van der Waals surface area contributed by atoms with Gasteiger partial charge in [0.15, 0.2) is 0 Å². The van der Waals surface area contributed by atoms with Crippen LogP contribution in [-0.4, -0.2) is 30.9 Å². The van der Waals surface area contributed by atoms with Gasteiger partial charge in [-0.2, -0.15) is 4.31 Å². The number of benzene rings is 1. The van der Waals surface area contributed by atoms with Gasteiger partial charge in [-0.1, -0.05) is 25.5 Å². The Morgan fingerprint density at radius 2 is 1.90 bits per heavy atom. The quantitative estimate of drug-likeness (QED) is 0.930. The van der Waals surface area contributed by atoms with Crippen LogP contribution in [0.3, 0.4) is 0 Å². The van der Waals surface area contributed by atoms with E-state index in [0.29, 0.717) is 23.9 Å². The number of aliphatic hydroxyl groups excluding tert-OH is 1. The van der Waals surface area contributed by atoms with Gasteiger partial charge in [-0.3, -0.25) is 0 Å². The molecule has 118 valence electrons. The third kappa shape index (κ3) is 3.84. The van der Waals surface area contributed by atoms with Crippen LogP contribution in [0.2, 0.25) is 0 Å². The largest absolute Gasteiger partial charge is 0.389 e. The Morgan fingerprint density at radius 1 is 1.24 bits per heavy atom. The third-order valence-corrected chi connectivity index (χ3v) is 6.30. The average Bonchev–Trinajstić information content (AvgIpc) is 2.73. The van der Waals surface area contributed by atoms with Crippen LogP contribution in [0.4, 0.5) is 0 Å². The highest BCUT2D eigenvalue weighted by Gasteiger charge is 2.27. The molecule has 0 bridgehead atoms. The molecule has 0 radical (unpaired) electrons. The Bertz CT molecular complexity index is 551. The first-order valence-corrected chi connectivity index (χ1v) is 9.17. The molecule has 4 nitrogen and oxygen atoms in total. The molecule has 1 aliphatic heterocycles. The van der Waals surface area contributed by atoms with E-state index in [1.165, 1.54) is 0 Å². The monoisotopic (exact) mass is 311 g/mol. The number of nitrogens with zero attached hydrogens (tertiary/aromatic N) is 1. The Balaban J connectivity index is 2.17. The summed E-state index contributed by atoms with van der Waals surface area (Å²) in [7, 11) is -3.41. The molecular weight excluding hydrogens is 286 g/mol. The van der Waals surface area contributed by atoms with Gasteiger partial charge in [0.25, 0.3) is 0 Å². The number of rotatable bonds is 4. The van der Waals surface area contributed by atoms with Crippen LogP contribution in [0.25, 0.3) is 0 Å². The molecule has 1 aromatic carbocycles. The minimum atomic E-state index is -3.41. The van der Waals surface area contributed by atoms with Crippen molar-refractivity contribution in [1.29, 1.82) is 0 Å². The van der Waals surface area contributed by atoms with Gasteiger partial charge >= 0.3 is 0 Å². The SMILES string of the molecule is CCC1CCCN(S(=O)(=O)c2ccc(C(C)O)cc2)CC1. The first-order valence-electron chi connectivity index (χ1n) is 7.73. The van der Waals surface area contributed by atoms with E-state index in [1.807, 2.05) is 0 Å². The Morgan fingerprint density at radius 3 is 2.48 bits per heavy atom. The number of aliphatic hydroxyl groups is 1. The Hall–Kier alpha value is -0.910. The fraction of sp³-hybridized carbons (Fsp3) is 0.625. The molecule has 1 heterocycles. The molecule has 2 atom stereocenters. The molecule has 1 fully saturated rings. The summed E-state index contributed by atoms with van der Waals surface area (Å²) in [5.74, 6) is 0.641. The molecule has 0 spiro atoms. The van der Waals surface area contributed by atoms with Crippen molar-refractivity contribution in [3.8, 4) is 0 Å². The molecule has 1 aliphatic rings. The van der Waals surface area contributed by atoms with E-state index < -0.39 is 16.1 Å². The van der Waals surface area contributed by atoms with Crippen molar-refractivity contribution in [2.24, 2.45) is 5.92 Å². The van der Waals surface area contributed by atoms with Crippen molar-refractivity contribution >= 4 is 10.0 Å². The summed E-state index contributed by atoms with van der Waals surface area (Å²) in [6.45, 7) is 5.06. The van der Waals surface area contributed by atoms with E-state index in [9.17, 15) is 13.5 Å². The highest BCUT2D eigenvalue weighted by Crippen LogP contribution is 2.25. The molecule has 2 unspecified atom stereocenters. The van der Waals surface area contributed by atoms with Gasteiger partial charge < -0.3 is 5.11 Å². The fourth-order valence-corrected chi connectivity index (χ4v) is 4.35. The molecule has 5 heteroatoms. The predicted molar refractivity (Wildman–Crippen MR) is 83.5 cm³/mol. The topological polar surface area (TPSA) is 57.6 Å². The van der Waals surface area contributed by atoms with E-state index >= 15 is 0 Å². The first-order chi connectivity index (χ1) is 9.95. The van der Waals surface area contributed by atoms with Gasteiger partial charge in [-0.15, -0.1) is 0 Å². The number of sulfonamides is 1. The number of hydrogen-bond donors (Lipinski definition) is 1. The van der Waals surface area contributed by atoms with Gasteiger partial charge in [-0.25, -0.2) is 8.42 Å². The van der Waals surface area contributed by atoms with Crippen molar-refractivity contribution < 1.29 is 13.5 Å². The molecule has 0 aromatic heterocycles. The molecule has 21 heavy (non-hydrogen) atoms. The maximum atomic E-state index is 12.7. The van der Waals surface area contributed by atoms with Crippen molar-refractivity contribution in [2.45, 2.75) is 50.5 Å². The maximum Gasteiger partial charge on any atom is 0.243 e. The zero-order valence-corrected chi connectivity index (χ0v) is 13.6. The molecular formula is C16H25NO3S. The first kappa shape index (κ1) is 16.5. The summed E-state index contributed by atoms with van der Waals surface area (Å²) < 4.78 is 27.0. The second-order valence-electron chi connectivity index (χ2n) is 5.85. The Kier molecular flexibility index (Phi) is 5.41. The number of hydrogen-bond acceptors (Lipinski definition) is 3. The van der Waals surface area contributed by atoms with E-state index in [0.717, 1.165) is 31.2 Å². The third-order valence-electron chi connectivity index (χ3n) is 4.38. The summed E-state index contributed by atoms with van der Waals surface area (Å²) in [4.78, 5) is 0.321. The highest BCUT2D eigenvalue weighted by atomic mass is 32.2. The van der Waals surface area contributed by atoms with Crippen molar-refractivity contribution in [1.82, 2.24) is 4.31 Å².